The largest absolute Gasteiger partial charge is 0.349 e. The normalized spacial score (nSPS) is 54.5. The first kappa shape index (κ1) is 17.4. The second-order valence-electron chi connectivity index (χ2n) is 10.1. The van der Waals surface area contributed by atoms with E-state index in [1.165, 1.54) is 44.9 Å². The van der Waals surface area contributed by atoms with Gasteiger partial charge in [0, 0.05) is 6.42 Å². The maximum Gasteiger partial charge on any atom is 0.179 e. The molecule has 3 saturated carbocycles. The minimum absolute atomic E-state index is 0.114. The fraction of sp³-hybridized carbons (Fsp3) is 0.913. The number of hydrogen-bond donors (Lipinski definition) is 0. The fourth-order valence-corrected chi connectivity index (χ4v) is 8.39. The van der Waals surface area contributed by atoms with Crippen molar-refractivity contribution in [3.05, 3.63) is 11.6 Å². The minimum Gasteiger partial charge on any atom is -0.349 e. The summed E-state index contributed by atoms with van der Waals surface area (Å²) in [5.74, 6) is 1.66. The maximum absolute atomic E-state index is 6.49. The summed E-state index contributed by atoms with van der Waals surface area (Å²) in [6.07, 6.45) is 13.8. The van der Waals surface area contributed by atoms with Crippen LogP contribution in [0, 0.1) is 28.6 Å². The number of allylic oxidation sites excluding steroid dienone is 2. The molecule has 0 N–H and O–H groups in total. The molecule has 6 aliphatic rings. The Bertz CT molecular complexity index is 632. The summed E-state index contributed by atoms with van der Waals surface area (Å²) in [6.45, 7) is 5.09. The molecule has 0 amide bonds. The number of hydrogen-bond acceptors (Lipinski definition) is 4. The zero-order chi connectivity index (χ0) is 18.1. The Kier molecular flexibility index (Phi) is 3.90. The molecule has 0 aromatic heterocycles. The van der Waals surface area contributed by atoms with Crippen molar-refractivity contribution in [1.82, 2.24) is 0 Å². The maximum atomic E-state index is 6.49. The van der Waals surface area contributed by atoms with E-state index in [2.05, 4.69) is 13.0 Å². The molecule has 2 aliphatic heterocycles. The van der Waals surface area contributed by atoms with Crippen molar-refractivity contribution < 1.29 is 18.9 Å². The SMILES string of the molecule is C[C@]12CCCCC1=CC[C@@H]1[C@@H]2CC[C@]23C4OCCOC2(CC[C@@H]13)OCCO4. The third-order valence-electron chi connectivity index (χ3n) is 9.43. The highest BCUT2D eigenvalue weighted by Gasteiger charge is 2.72. The van der Waals surface area contributed by atoms with Crippen LogP contribution in [0.2, 0.25) is 0 Å². The summed E-state index contributed by atoms with van der Waals surface area (Å²) in [6, 6.07) is 0. The van der Waals surface area contributed by atoms with Crippen LogP contribution < -0.4 is 0 Å². The Morgan fingerprint density at radius 2 is 1.67 bits per heavy atom. The predicted octanol–water partition coefficient (Wildman–Crippen LogP) is 4.44. The summed E-state index contributed by atoms with van der Waals surface area (Å²) >= 11 is 0. The van der Waals surface area contributed by atoms with Gasteiger partial charge in [-0.15, -0.1) is 0 Å². The molecule has 2 bridgehead atoms. The summed E-state index contributed by atoms with van der Waals surface area (Å²) in [4.78, 5) is 0. The summed E-state index contributed by atoms with van der Waals surface area (Å²) < 4.78 is 25.6. The molecule has 4 aliphatic carbocycles. The Balaban J connectivity index is 1.43. The van der Waals surface area contributed by atoms with Gasteiger partial charge in [-0.05, 0) is 68.1 Å². The fourth-order valence-electron chi connectivity index (χ4n) is 8.39. The van der Waals surface area contributed by atoms with Gasteiger partial charge in [0.25, 0.3) is 0 Å². The van der Waals surface area contributed by atoms with Crippen LogP contribution in [-0.2, 0) is 18.9 Å². The molecule has 150 valence electrons. The second kappa shape index (κ2) is 6.04. The third-order valence-corrected chi connectivity index (χ3v) is 9.43. The van der Waals surface area contributed by atoms with Crippen molar-refractivity contribution in [1.29, 1.82) is 0 Å². The summed E-state index contributed by atoms with van der Waals surface area (Å²) in [5.41, 5.74) is 2.09. The van der Waals surface area contributed by atoms with Gasteiger partial charge in [0.05, 0.1) is 31.8 Å². The van der Waals surface area contributed by atoms with Crippen molar-refractivity contribution in [3.8, 4) is 0 Å². The molecular weight excluding hydrogens is 340 g/mol. The highest BCUT2D eigenvalue weighted by molar-refractivity contribution is 5.25. The molecule has 4 heteroatoms. The Hall–Kier alpha value is -0.420. The van der Waals surface area contributed by atoms with E-state index in [1.54, 1.807) is 5.57 Å². The smallest absolute Gasteiger partial charge is 0.179 e. The lowest BCUT2D eigenvalue weighted by Gasteiger charge is -2.59. The van der Waals surface area contributed by atoms with E-state index >= 15 is 0 Å². The molecule has 0 radical (unpaired) electrons. The van der Waals surface area contributed by atoms with E-state index in [9.17, 15) is 0 Å². The monoisotopic (exact) mass is 374 g/mol. The van der Waals surface area contributed by atoms with E-state index in [0.717, 1.165) is 24.7 Å². The molecule has 0 aromatic carbocycles. The number of rotatable bonds is 0. The minimum atomic E-state index is -0.474. The molecule has 1 spiro atoms. The van der Waals surface area contributed by atoms with Gasteiger partial charge in [-0.1, -0.05) is 25.0 Å². The van der Waals surface area contributed by atoms with E-state index in [1.807, 2.05) is 0 Å². The molecular formula is C23H34O4. The molecule has 2 heterocycles. The van der Waals surface area contributed by atoms with Crippen LogP contribution >= 0.6 is 0 Å². The Morgan fingerprint density at radius 1 is 0.889 bits per heavy atom. The first-order chi connectivity index (χ1) is 13.2. The van der Waals surface area contributed by atoms with E-state index in [4.69, 9.17) is 18.9 Å². The predicted molar refractivity (Wildman–Crippen MR) is 101 cm³/mol. The lowest BCUT2D eigenvalue weighted by Crippen LogP contribution is -2.61. The molecule has 0 aromatic rings. The van der Waals surface area contributed by atoms with Crippen LogP contribution in [0.5, 0.6) is 0 Å². The molecule has 5 fully saturated rings. The standard InChI is InChI=1S/C23H34O4/c1-21-9-3-2-4-16(21)5-6-17-18(21)7-10-22-19(17)8-11-23(22)26-14-12-24-20(22)25-13-15-27-23/h5,17-20H,2-4,6-15H2,1H3/t17-,18+,19+,20?,21+,22+,23?/m1/s1. The van der Waals surface area contributed by atoms with Crippen molar-refractivity contribution >= 4 is 0 Å². The number of ether oxygens (including phenoxy) is 4. The van der Waals surface area contributed by atoms with Gasteiger partial charge in [-0.3, -0.25) is 0 Å². The quantitative estimate of drug-likeness (QED) is 0.588. The van der Waals surface area contributed by atoms with Crippen LogP contribution in [0.25, 0.3) is 0 Å². The number of fused-ring (bicyclic) bond motifs is 4. The zero-order valence-corrected chi connectivity index (χ0v) is 16.7. The van der Waals surface area contributed by atoms with Crippen molar-refractivity contribution in [2.45, 2.75) is 76.8 Å². The molecule has 2 saturated heterocycles. The molecule has 6 rings (SSSR count). The first-order valence-electron chi connectivity index (χ1n) is 11.4. The van der Waals surface area contributed by atoms with Crippen LogP contribution in [-0.4, -0.2) is 38.5 Å². The van der Waals surface area contributed by atoms with E-state index in [0.29, 0.717) is 37.8 Å². The molecule has 5 atom stereocenters. The average molecular weight is 375 g/mol. The van der Waals surface area contributed by atoms with Crippen molar-refractivity contribution in [2.24, 2.45) is 28.6 Å². The lowest BCUT2D eigenvalue weighted by molar-refractivity contribution is -0.316. The topological polar surface area (TPSA) is 36.9 Å². The average Bonchev–Trinajstić information content (AvgIpc) is 2.85. The first-order valence-corrected chi connectivity index (χ1v) is 11.4. The second-order valence-corrected chi connectivity index (χ2v) is 10.1. The van der Waals surface area contributed by atoms with Crippen LogP contribution in [0.4, 0.5) is 0 Å². The third kappa shape index (κ3) is 2.14. The molecule has 4 nitrogen and oxygen atoms in total. The Morgan fingerprint density at radius 3 is 2.48 bits per heavy atom. The molecule has 27 heavy (non-hydrogen) atoms. The van der Waals surface area contributed by atoms with Crippen LogP contribution in [0.15, 0.2) is 11.6 Å². The highest BCUT2D eigenvalue weighted by Crippen LogP contribution is 2.70. The summed E-state index contributed by atoms with van der Waals surface area (Å²) in [5, 5.41) is 0. The highest BCUT2D eigenvalue weighted by atomic mass is 16.8. The van der Waals surface area contributed by atoms with E-state index < -0.39 is 5.79 Å². The van der Waals surface area contributed by atoms with Crippen LogP contribution in [0.3, 0.4) is 0 Å². The van der Waals surface area contributed by atoms with Gasteiger partial charge >= 0.3 is 0 Å². The van der Waals surface area contributed by atoms with Gasteiger partial charge in [0.2, 0.25) is 0 Å². The van der Waals surface area contributed by atoms with Gasteiger partial charge in [0.1, 0.15) is 0 Å². The molecule has 0 unspecified atom stereocenters. The van der Waals surface area contributed by atoms with Gasteiger partial charge in [-0.25, -0.2) is 0 Å². The van der Waals surface area contributed by atoms with Gasteiger partial charge in [-0.2, -0.15) is 0 Å². The van der Waals surface area contributed by atoms with Gasteiger partial charge in [0.15, 0.2) is 12.1 Å². The van der Waals surface area contributed by atoms with Gasteiger partial charge < -0.3 is 18.9 Å². The summed E-state index contributed by atoms with van der Waals surface area (Å²) in [7, 11) is 0. The van der Waals surface area contributed by atoms with Crippen molar-refractivity contribution in [2.75, 3.05) is 26.4 Å². The zero-order valence-electron chi connectivity index (χ0n) is 16.7. The van der Waals surface area contributed by atoms with Crippen LogP contribution in [0.1, 0.15) is 64.7 Å². The van der Waals surface area contributed by atoms with Crippen molar-refractivity contribution in [3.63, 3.8) is 0 Å². The lowest BCUT2D eigenvalue weighted by atomic mass is 9.47. The van der Waals surface area contributed by atoms with E-state index in [-0.39, 0.29) is 11.7 Å². The Labute approximate surface area is 162 Å².